The number of hydrogen-bond acceptors (Lipinski definition) is 4. The summed E-state index contributed by atoms with van der Waals surface area (Å²) in [6, 6.07) is 3.36. The lowest BCUT2D eigenvalue weighted by Crippen LogP contribution is -2.11. The Balaban J connectivity index is 2.31. The summed E-state index contributed by atoms with van der Waals surface area (Å²) in [5.74, 6) is -0.763. The molecule has 6 heteroatoms. The van der Waals surface area contributed by atoms with Crippen LogP contribution in [0.1, 0.15) is 26.5 Å². The van der Waals surface area contributed by atoms with Crippen molar-refractivity contribution >= 4 is 11.6 Å². The van der Waals surface area contributed by atoms with Crippen molar-refractivity contribution in [1.82, 2.24) is 14.6 Å². The number of fused-ring (bicyclic) bond motifs is 1. The highest BCUT2D eigenvalue weighted by Crippen LogP contribution is 2.21. The molecule has 1 N–H and O–H groups in total. The third-order valence-electron chi connectivity index (χ3n) is 2.41. The van der Waals surface area contributed by atoms with Crippen LogP contribution >= 0.6 is 0 Å². The van der Waals surface area contributed by atoms with Crippen molar-refractivity contribution in [3.8, 4) is 5.88 Å². The van der Waals surface area contributed by atoms with Crippen LogP contribution in [-0.4, -0.2) is 32.3 Å². The maximum absolute atomic E-state index is 10.4. The first-order valence-electron chi connectivity index (χ1n) is 5.58. The Hall–Kier alpha value is -2.11. The zero-order valence-electron chi connectivity index (χ0n) is 10.5. The lowest BCUT2D eigenvalue weighted by molar-refractivity contribution is -0.139. The van der Waals surface area contributed by atoms with E-state index in [2.05, 4.69) is 30.9 Å². The van der Waals surface area contributed by atoms with Crippen molar-refractivity contribution in [2.24, 2.45) is 0 Å². The summed E-state index contributed by atoms with van der Waals surface area (Å²) in [5, 5.41) is 12.7. The molecule has 0 amide bonds. The first-order chi connectivity index (χ1) is 8.36. The van der Waals surface area contributed by atoms with Gasteiger partial charge in [-0.25, -0.2) is 14.3 Å². The predicted molar refractivity (Wildman–Crippen MR) is 64.8 cm³/mol. The van der Waals surface area contributed by atoms with Crippen LogP contribution in [0.5, 0.6) is 5.88 Å². The third kappa shape index (κ3) is 2.58. The van der Waals surface area contributed by atoms with Crippen LogP contribution in [0.2, 0.25) is 0 Å². The Morgan fingerprint density at radius 2 is 2.17 bits per heavy atom. The van der Waals surface area contributed by atoms with E-state index in [-0.39, 0.29) is 11.3 Å². The second-order valence-corrected chi connectivity index (χ2v) is 5.03. The molecule has 0 spiro atoms. The van der Waals surface area contributed by atoms with Crippen molar-refractivity contribution in [1.29, 1.82) is 0 Å². The molecule has 6 nitrogen and oxygen atoms in total. The Morgan fingerprint density at radius 1 is 1.44 bits per heavy atom. The SMILES string of the molecule is CC(C)(C)c1cn2nc(OCC(=O)O)ccc2n1. The molecule has 0 saturated heterocycles. The van der Waals surface area contributed by atoms with E-state index in [4.69, 9.17) is 9.84 Å². The van der Waals surface area contributed by atoms with Crippen LogP contribution in [-0.2, 0) is 10.2 Å². The zero-order valence-corrected chi connectivity index (χ0v) is 10.5. The molecule has 0 fully saturated rings. The van der Waals surface area contributed by atoms with Crippen molar-refractivity contribution in [2.45, 2.75) is 26.2 Å². The number of imidazole rings is 1. The fraction of sp³-hybridized carbons (Fsp3) is 0.417. The summed E-state index contributed by atoms with van der Waals surface area (Å²) in [5.41, 5.74) is 1.57. The Morgan fingerprint density at radius 3 is 2.78 bits per heavy atom. The first kappa shape index (κ1) is 12.3. The van der Waals surface area contributed by atoms with E-state index in [1.54, 1.807) is 16.6 Å². The molecule has 2 heterocycles. The molecular weight excluding hydrogens is 234 g/mol. The standard InChI is InChI=1S/C12H15N3O3/c1-12(2,3)8-6-15-9(13-8)4-5-10(14-15)18-7-11(16)17/h4-6H,7H2,1-3H3,(H,16,17). The summed E-state index contributed by atoms with van der Waals surface area (Å²) >= 11 is 0. The minimum Gasteiger partial charge on any atom is -0.479 e. The van der Waals surface area contributed by atoms with Gasteiger partial charge in [0.1, 0.15) is 0 Å². The summed E-state index contributed by atoms with van der Waals surface area (Å²) in [4.78, 5) is 14.8. The summed E-state index contributed by atoms with van der Waals surface area (Å²) < 4.78 is 6.61. The number of carbonyl (C=O) groups is 1. The fourth-order valence-corrected chi connectivity index (χ4v) is 1.44. The molecular formula is C12H15N3O3. The van der Waals surface area contributed by atoms with E-state index in [1.165, 1.54) is 0 Å². The maximum atomic E-state index is 10.4. The second kappa shape index (κ2) is 4.29. The van der Waals surface area contributed by atoms with E-state index >= 15 is 0 Å². The number of carboxylic acids is 1. The number of carboxylic acid groups (broad SMARTS) is 1. The van der Waals surface area contributed by atoms with Gasteiger partial charge in [0.25, 0.3) is 0 Å². The maximum Gasteiger partial charge on any atom is 0.341 e. The molecule has 0 aliphatic heterocycles. The van der Waals surface area contributed by atoms with Gasteiger partial charge in [0.15, 0.2) is 12.3 Å². The normalized spacial score (nSPS) is 11.7. The lowest BCUT2D eigenvalue weighted by atomic mass is 9.93. The van der Waals surface area contributed by atoms with Crippen molar-refractivity contribution in [3.05, 3.63) is 24.0 Å². The number of aromatic nitrogens is 3. The van der Waals surface area contributed by atoms with Gasteiger partial charge in [-0.3, -0.25) is 0 Å². The molecule has 96 valence electrons. The van der Waals surface area contributed by atoms with Gasteiger partial charge >= 0.3 is 5.97 Å². The fourth-order valence-electron chi connectivity index (χ4n) is 1.44. The van der Waals surface area contributed by atoms with Gasteiger partial charge < -0.3 is 9.84 Å². The highest BCUT2D eigenvalue weighted by molar-refractivity contribution is 5.68. The Labute approximate surface area is 104 Å². The molecule has 0 radical (unpaired) electrons. The van der Waals surface area contributed by atoms with E-state index in [0.717, 1.165) is 5.69 Å². The van der Waals surface area contributed by atoms with Crippen LogP contribution in [0.3, 0.4) is 0 Å². The second-order valence-electron chi connectivity index (χ2n) is 5.03. The van der Waals surface area contributed by atoms with Gasteiger partial charge in [0.2, 0.25) is 5.88 Å². The minimum absolute atomic E-state index is 0.0597. The van der Waals surface area contributed by atoms with Gasteiger partial charge in [-0.15, -0.1) is 5.10 Å². The number of hydrogen-bond donors (Lipinski definition) is 1. The first-order valence-corrected chi connectivity index (χ1v) is 5.58. The number of ether oxygens (including phenoxy) is 1. The third-order valence-corrected chi connectivity index (χ3v) is 2.41. The van der Waals surface area contributed by atoms with E-state index in [1.807, 2.05) is 6.20 Å². The molecule has 18 heavy (non-hydrogen) atoms. The molecule has 0 aromatic carbocycles. The number of aliphatic carboxylic acids is 1. The molecule has 0 saturated carbocycles. The van der Waals surface area contributed by atoms with Gasteiger partial charge in [0, 0.05) is 11.5 Å². The van der Waals surface area contributed by atoms with Crippen LogP contribution in [0, 0.1) is 0 Å². The topological polar surface area (TPSA) is 76.7 Å². The molecule has 2 aromatic heterocycles. The van der Waals surface area contributed by atoms with Crippen molar-refractivity contribution in [3.63, 3.8) is 0 Å². The van der Waals surface area contributed by atoms with Gasteiger partial charge in [-0.2, -0.15) is 0 Å². The monoisotopic (exact) mass is 249 g/mol. The molecule has 0 aliphatic carbocycles. The van der Waals surface area contributed by atoms with Crippen LogP contribution < -0.4 is 4.74 Å². The highest BCUT2D eigenvalue weighted by Gasteiger charge is 2.18. The summed E-state index contributed by atoms with van der Waals surface area (Å²) in [6.07, 6.45) is 1.82. The number of rotatable bonds is 3. The van der Waals surface area contributed by atoms with E-state index in [0.29, 0.717) is 5.65 Å². The lowest BCUT2D eigenvalue weighted by Gasteiger charge is -2.13. The predicted octanol–water partition coefficient (Wildman–Crippen LogP) is 1.49. The highest BCUT2D eigenvalue weighted by atomic mass is 16.5. The van der Waals surface area contributed by atoms with Crippen molar-refractivity contribution < 1.29 is 14.6 Å². The minimum atomic E-state index is -1.03. The smallest absolute Gasteiger partial charge is 0.341 e. The van der Waals surface area contributed by atoms with Gasteiger partial charge in [-0.05, 0) is 6.07 Å². The van der Waals surface area contributed by atoms with E-state index in [9.17, 15) is 4.79 Å². The average Bonchev–Trinajstić information content (AvgIpc) is 2.68. The molecule has 0 atom stereocenters. The molecule has 2 aromatic rings. The average molecular weight is 249 g/mol. The molecule has 0 unspecified atom stereocenters. The Bertz CT molecular complexity index is 584. The van der Waals surface area contributed by atoms with Crippen molar-refractivity contribution in [2.75, 3.05) is 6.61 Å². The molecule has 2 rings (SSSR count). The van der Waals surface area contributed by atoms with Crippen LogP contribution in [0.15, 0.2) is 18.3 Å². The van der Waals surface area contributed by atoms with E-state index < -0.39 is 12.6 Å². The summed E-state index contributed by atoms with van der Waals surface area (Å²) in [6.45, 7) is 5.79. The molecule has 0 bridgehead atoms. The summed E-state index contributed by atoms with van der Waals surface area (Å²) in [7, 11) is 0. The molecule has 0 aliphatic rings. The quantitative estimate of drug-likeness (QED) is 0.891. The largest absolute Gasteiger partial charge is 0.479 e. The van der Waals surface area contributed by atoms with Crippen LogP contribution in [0.4, 0.5) is 0 Å². The van der Waals surface area contributed by atoms with Gasteiger partial charge in [0.05, 0.1) is 11.9 Å². The van der Waals surface area contributed by atoms with Crippen LogP contribution in [0.25, 0.3) is 5.65 Å². The van der Waals surface area contributed by atoms with Gasteiger partial charge in [-0.1, -0.05) is 20.8 Å². The zero-order chi connectivity index (χ0) is 13.3. The number of nitrogens with zero attached hydrogens (tertiary/aromatic N) is 3. The Kier molecular flexibility index (Phi) is 2.94.